The van der Waals surface area contributed by atoms with Gasteiger partial charge in [-0.25, -0.2) is 0 Å². The molecule has 1 aliphatic carbocycles. The fourth-order valence-electron chi connectivity index (χ4n) is 1.61. The summed E-state index contributed by atoms with van der Waals surface area (Å²) < 4.78 is 2.96. The fourth-order valence-corrected chi connectivity index (χ4v) is 5.32. The van der Waals surface area contributed by atoms with Crippen LogP contribution in [0.3, 0.4) is 0 Å². The van der Waals surface area contributed by atoms with Crippen LogP contribution >= 0.6 is 90.4 Å². The molecule has 1 aliphatic rings. The molecule has 1 aromatic rings. The van der Waals surface area contributed by atoms with E-state index in [1.807, 2.05) is 18.2 Å². The molecule has 0 fully saturated rings. The predicted octanol–water partition coefficient (Wildman–Crippen LogP) is 5.56. The Morgan fingerprint density at radius 3 is 2.42 bits per heavy atom. The molecule has 6 heteroatoms. The van der Waals surface area contributed by atoms with Crippen molar-refractivity contribution in [2.24, 2.45) is 0 Å². The van der Waals surface area contributed by atoms with Gasteiger partial charge in [0.2, 0.25) is 0 Å². The second kappa shape index (κ2) is 6.81. The number of phenolic OH excluding ortho intramolecular Hbond substituents is 1. The first kappa shape index (κ1) is 16.3. The highest BCUT2D eigenvalue weighted by Gasteiger charge is 2.21. The molecule has 0 saturated heterocycles. The maximum atomic E-state index is 9.85. The molecule has 1 atom stereocenters. The van der Waals surface area contributed by atoms with Gasteiger partial charge < -0.3 is 10.2 Å². The van der Waals surface area contributed by atoms with E-state index >= 15 is 0 Å². The highest BCUT2D eigenvalue weighted by molar-refractivity contribution is 14.1. The molecule has 0 saturated carbocycles. The Morgan fingerprint density at radius 2 is 1.74 bits per heavy atom. The van der Waals surface area contributed by atoms with E-state index in [0.717, 1.165) is 21.9 Å². The lowest BCUT2D eigenvalue weighted by Gasteiger charge is -2.18. The summed E-state index contributed by atoms with van der Waals surface area (Å²) >= 11 is 8.89. The summed E-state index contributed by atoms with van der Waals surface area (Å²) in [6.07, 6.45) is 5.68. The molecular weight excluding hydrogens is 696 g/mol. The zero-order chi connectivity index (χ0) is 14.2. The molecule has 0 radical (unpaired) electrons. The van der Waals surface area contributed by atoms with Gasteiger partial charge in [-0.3, -0.25) is 0 Å². The molecule has 0 bridgehead atoms. The van der Waals surface area contributed by atoms with Gasteiger partial charge in [-0.1, -0.05) is 22.6 Å². The SMILES string of the molecule is OC1=CC=C(I)C(=Cc2c(I)ccc(O)c2I)C1I. The maximum absolute atomic E-state index is 9.85. The van der Waals surface area contributed by atoms with E-state index in [9.17, 15) is 10.2 Å². The molecule has 0 amide bonds. The van der Waals surface area contributed by atoms with E-state index in [1.165, 1.54) is 0 Å². The summed E-state index contributed by atoms with van der Waals surface area (Å²) in [6.45, 7) is 0. The lowest BCUT2D eigenvalue weighted by molar-refractivity contribution is 0.405. The predicted molar refractivity (Wildman–Crippen MR) is 112 cm³/mol. The molecule has 0 aromatic heterocycles. The zero-order valence-corrected chi connectivity index (χ0v) is 18.0. The number of hydrogen-bond acceptors (Lipinski definition) is 2. The van der Waals surface area contributed by atoms with E-state index in [2.05, 4.69) is 90.4 Å². The Bertz CT molecular complexity index is 617. The lowest BCUT2D eigenvalue weighted by Crippen LogP contribution is -2.09. The smallest absolute Gasteiger partial charge is 0.129 e. The van der Waals surface area contributed by atoms with Crippen molar-refractivity contribution in [1.29, 1.82) is 0 Å². The Balaban J connectivity index is 2.56. The van der Waals surface area contributed by atoms with Crippen molar-refractivity contribution in [3.8, 4) is 5.75 Å². The first-order valence-electron chi connectivity index (χ1n) is 5.21. The van der Waals surface area contributed by atoms with Crippen LogP contribution in [0.25, 0.3) is 6.08 Å². The van der Waals surface area contributed by atoms with Gasteiger partial charge in [0.15, 0.2) is 0 Å². The summed E-state index contributed by atoms with van der Waals surface area (Å²) in [5, 5.41) is 19.7. The molecule has 0 aliphatic heterocycles. The van der Waals surface area contributed by atoms with Crippen LogP contribution in [0, 0.1) is 7.14 Å². The Kier molecular flexibility index (Phi) is 5.86. The lowest BCUT2D eigenvalue weighted by atomic mass is 10.0. The minimum absolute atomic E-state index is 0.0524. The number of allylic oxidation sites excluding steroid dienone is 4. The van der Waals surface area contributed by atoms with Crippen LogP contribution in [0.5, 0.6) is 5.75 Å². The normalized spacial score (nSPS) is 21.3. The molecule has 19 heavy (non-hydrogen) atoms. The van der Waals surface area contributed by atoms with Crippen LogP contribution in [0.15, 0.2) is 39.2 Å². The molecule has 0 spiro atoms. The monoisotopic (exact) mass is 704 g/mol. The van der Waals surface area contributed by atoms with Gasteiger partial charge in [0.25, 0.3) is 0 Å². The summed E-state index contributed by atoms with van der Waals surface area (Å²) in [5.41, 5.74) is 2.05. The minimum Gasteiger partial charge on any atom is -0.511 e. The average molecular weight is 704 g/mol. The van der Waals surface area contributed by atoms with Crippen LogP contribution in [0.1, 0.15) is 5.56 Å². The van der Waals surface area contributed by atoms with Crippen molar-refractivity contribution in [2.45, 2.75) is 3.92 Å². The molecule has 2 N–H and O–H groups in total. The fraction of sp³-hybridized carbons (Fsp3) is 0.0769. The van der Waals surface area contributed by atoms with Crippen molar-refractivity contribution in [3.63, 3.8) is 0 Å². The number of benzene rings is 1. The Hall–Kier alpha value is 0.960. The van der Waals surface area contributed by atoms with Gasteiger partial charge in [-0.15, -0.1) is 0 Å². The number of phenols is 1. The Labute approximate surface area is 166 Å². The third kappa shape index (κ3) is 3.59. The number of hydrogen-bond donors (Lipinski definition) is 2. The quantitative estimate of drug-likeness (QED) is 0.297. The van der Waals surface area contributed by atoms with Crippen molar-refractivity contribution < 1.29 is 10.2 Å². The minimum atomic E-state index is -0.0524. The van der Waals surface area contributed by atoms with Gasteiger partial charge >= 0.3 is 0 Å². The molecule has 1 aromatic carbocycles. The van der Waals surface area contributed by atoms with Crippen LogP contribution in [0.4, 0.5) is 0 Å². The molecule has 100 valence electrons. The van der Waals surface area contributed by atoms with Crippen LogP contribution in [-0.2, 0) is 0 Å². The van der Waals surface area contributed by atoms with E-state index in [4.69, 9.17) is 0 Å². The Morgan fingerprint density at radius 1 is 1.05 bits per heavy atom. The third-order valence-electron chi connectivity index (χ3n) is 2.61. The van der Waals surface area contributed by atoms with Gasteiger partial charge in [0.05, 0.1) is 7.49 Å². The standard InChI is InChI=1S/C13H8I4O2/c14-8-1-3-10(18)12(16)6(8)5-7-9(15)2-4-11(19)13(7)17/h1-5,12,18-19H. The van der Waals surface area contributed by atoms with Crippen molar-refractivity contribution in [1.82, 2.24) is 0 Å². The molecule has 0 heterocycles. The first-order chi connectivity index (χ1) is 8.91. The second-order valence-electron chi connectivity index (χ2n) is 3.86. The molecule has 2 nitrogen and oxygen atoms in total. The van der Waals surface area contributed by atoms with E-state index < -0.39 is 0 Å². The molecule has 1 unspecified atom stereocenters. The highest BCUT2D eigenvalue weighted by atomic mass is 127. The van der Waals surface area contributed by atoms with Crippen LogP contribution < -0.4 is 0 Å². The zero-order valence-electron chi connectivity index (χ0n) is 9.37. The largest absolute Gasteiger partial charge is 0.511 e. The number of alkyl halides is 1. The number of rotatable bonds is 1. The van der Waals surface area contributed by atoms with Gasteiger partial charge in [0, 0.05) is 12.7 Å². The molecule has 2 rings (SSSR count). The van der Waals surface area contributed by atoms with Gasteiger partial charge in [-0.05, 0) is 104 Å². The number of aliphatic hydroxyl groups is 1. The van der Waals surface area contributed by atoms with Crippen LogP contribution in [0.2, 0.25) is 0 Å². The van der Waals surface area contributed by atoms with E-state index in [0.29, 0.717) is 5.76 Å². The maximum Gasteiger partial charge on any atom is 0.129 e. The number of aromatic hydroxyl groups is 1. The summed E-state index contributed by atoms with van der Waals surface area (Å²) in [5.74, 6) is 0.643. The average Bonchev–Trinajstić information content (AvgIpc) is 2.38. The summed E-state index contributed by atoms with van der Waals surface area (Å²) in [6, 6.07) is 3.59. The summed E-state index contributed by atoms with van der Waals surface area (Å²) in [7, 11) is 0. The molecular formula is C13H8I4O2. The first-order valence-corrected chi connectivity index (χ1v) is 9.69. The highest BCUT2D eigenvalue weighted by Crippen LogP contribution is 2.37. The second-order valence-corrected chi connectivity index (χ2v) is 8.51. The number of halogens is 4. The van der Waals surface area contributed by atoms with Gasteiger partial charge in [-0.2, -0.15) is 0 Å². The topological polar surface area (TPSA) is 40.5 Å². The van der Waals surface area contributed by atoms with E-state index in [1.54, 1.807) is 12.1 Å². The van der Waals surface area contributed by atoms with Crippen molar-refractivity contribution >= 4 is 96.4 Å². The van der Waals surface area contributed by atoms with Crippen molar-refractivity contribution in [2.75, 3.05) is 0 Å². The van der Waals surface area contributed by atoms with Gasteiger partial charge in [0.1, 0.15) is 11.5 Å². The van der Waals surface area contributed by atoms with Crippen LogP contribution in [-0.4, -0.2) is 14.1 Å². The van der Waals surface area contributed by atoms with Crippen molar-refractivity contribution in [3.05, 3.63) is 51.9 Å². The van der Waals surface area contributed by atoms with E-state index in [-0.39, 0.29) is 9.67 Å². The third-order valence-corrected chi connectivity index (χ3v) is 6.98. The number of aliphatic hydroxyl groups excluding tert-OH is 1. The summed E-state index contributed by atoms with van der Waals surface area (Å²) in [4.78, 5) is 0.